The molecule has 0 aromatic carbocycles. The summed E-state index contributed by atoms with van der Waals surface area (Å²) in [6.45, 7) is 15.6. The molecule has 5 heteroatoms. The molecule has 198 valence electrons. The quantitative estimate of drug-likeness (QED) is 0.375. The van der Waals surface area contributed by atoms with Crippen molar-refractivity contribution in [2.24, 2.45) is 44.3 Å². The minimum Gasteiger partial charge on any atom is -0.481 e. The van der Waals surface area contributed by atoms with Gasteiger partial charge in [0.15, 0.2) is 0 Å². The summed E-state index contributed by atoms with van der Waals surface area (Å²) in [5, 5.41) is 44.9. The molecule has 0 bridgehead atoms. The third kappa shape index (κ3) is 2.90. The highest BCUT2D eigenvalue weighted by atomic mass is 16.4. The fourth-order valence-corrected chi connectivity index (χ4v) is 10.9. The summed E-state index contributed by atoms with van der Waals surface area (Å²) in [6.07, 6.45) is 7.28. The van der Waals surface area contributed by atoms with Crippen molar-refractivity contribution < 1.29 is 25.2 Å². The molecule has 35 heavy (non-hydrogen) atoms. The second-order valence-electron chi connectivity index (χ2n) is 15.4. The molecule has 5 aliphatic carbocycles. The lowest BCUT2D eigenvalue weighted by Gasteiger charge is -2.72. The lowest BCUT2D eigenvalue weighted by molar-refractivity contribution is -0.242. The summed E-state index contributed by atoms with van der Waals surface area (Å²) >= 11 is 0. The van der Waals surface area contributed by atoms with Crippen LogP contribution in [0.25, 0.3) is 0 Å². The normalized spacial score (nSPS) is 54.4. The van der Waals surface area contributed by atoms with Gasteiger partial charge in [-0.05, 0) is 102 Å². The van der Waals surface area contributed by atoms with Crippen LogP contribution in [0.5, 0.6) is 0 Å². The van der Waals surface area contributed by atoms with Gasteiger partial charge in [0.25, 0.3) is 0 Å². The molecule has 5 nitrogen and oxygen atoms in total. The molecule has 5 rings (SSSR count). The number of allylic oxidation sites excluding steroid dienone is 1. The monoisotopic (exact) mass is 488 g/mol. The Morgan fingerprint density at radius 3 is 2.17 bits per heavy atom. The van der Waals surface area contributed by atoms with Crippen molar-refractivity contribution in [3.05, 3.63) is 11.6 Å². The SMILES string of the molecule is CC1(C)CC[C@]2(C(=O)O)CC[C@]3(C)C(=CC[C@@H]4[C@@]5(C)C[C@@H](O)[C@H](O)C(C)(C)[C@H]5CC[C@]43C)[C@]2(O)C1. The molecule has 0 aromatic rings. The average Bonchev–Trinajstić information content (AvgIpc) is 2.71. The Morgan fingerprint density at radius 2 is 1.54 bits per heavy atom. The summed E-state index contributed by atoms with van der Waals surface area (Å²) in [5.41, 5.74) is -2.46. The first-order valence-electron chi connectivity index (χ1n) is 13.9. The highest BCUT2D eigenvalue weighted by Crippen LogP contribution is 2.76. The second kappa shape index (κ2) is 7.14. The van der Waals surface area contributed by atoms with Gasteiger partial charge in [0.2, 0.25) is 0 Å². The number of rotatable bonds is 1. The molecule has 4 fully saturated rings. The first-order chi connectivity index (χ1) is 15.9. The predicted molar refractivity (Wildman–Crippen MR) is 136 cm³/mol. The number of carbonyl (C=O) groups is 1. The van der Waals surface area contributed by atoms with Crippen LogP contribution in [0, 0.1) is 44.3 Å². The van der Waals surface area contributed by atoms with Crippen LogP contribution in [-0.2, 0) is 4.79 Å². The van der Waals surface area contributed by atoms with E-state index in [0.29, 0.717) is 37.5 Å². The van der Waals surface area contributed by atoms with Crippen molar-refractivity contribution in [2.45, 2.75) is 124 Å². The number of fused-ring (bicyclic) bond motifs is 7. The summed E-state index contributed by atoms with van der Waals surface area (Å²) in [6, 6.07) is 0. The largest absolute Gasteiger partial charge is 0.481 e. The minimum atomic E-state index is -1.33. The topological polar surface area (TPSA) is 98.0 Å². The first kappa shape index (κ1) is 25.7. The Morgan fingerprint density at radius 1 is 0.914 bits per heavy atom. The van der Waals surface area contributed by atoms with E-state index in [0.717, 1.165) is 37.7 Å². The Balaban J connectivity index is 1.65. The number of hydrogen-bond acceptors (Lipinski definition) is 4. The molecule has 0 unspecified atom stereocenters. The van der Waals surface area contributed by atoms with Crippen molar-refractivity contribution in [1.82, 2.24) is 0 Å². The summed E-state index contributed by atoms with van der Waals surface area (Å²) in [5.74, 6) is -0.225. The Labute approximate surface area is 211 Å². The molecule has 0 aliphatic heterocycles. The number of carboxylic acids is 1. The highest BCUT2D eigenvalue weighted by Gasteiger charge is 2.73. The number of aliphatic carboxylic acids is 1. The Kier molecular flexibility index (Phi) is 5.25. The molecule has 4 N–H and O–H groups in total. The van der Waals surface area contributed by atoms with E-state index in [2.05, 4.69) is 54.5 Å². The maximum Gasteiger partial charge on any atom is 0.312 e. The maximum absolute atomic E-state index is 12.8. The van der Waals surface area contributed by atoms with E-state index in [-0.39, 0.29) is 27.1 Å². The van der Waals surface area contributed by atoms with Crippen LogP contribution >= 0.6 is 0 Å². The summed E-state index contributed by atoms with van der Waals surface area (Å²) < 4.78 is 0. The van der Waals surface area contributed by atoms with Crippen molar-refractivity contribution in [3.63, 3.8) is 0 Å². The highest BCUT2D eigenvalue weighted by molar-refractivity contribution is 5.78. The van der Waals surface area contributed by atoms with E-state index >= 15 is 0 Å². The average molecular weight is 489 g/mol. The maximum atomic E-state index is 12.8. The van der Waals surface area contributed by atoms with Gasteiger partial charge in [-0.3, -0.25) is 4.79 Å². The molecular weight excluding hydrogens is 440 g/mol. The van der Waals surface area contributed by atoms with Crippen molar-refractivity contribution >= 4 is 5.97 Å². The number of hydrogen-bond donors (Lipinski definition) is 4. The van der Waals surface area contributed by atoms with Gasteiger partial charge < -0.3 is 20.4 Å². The van der Waals surface area contributed by atoms with Gasteiger partial charge in [0.05, 0.1) is 12.2 Å². The Hall–Kier alpha value is -0.910. The van der Waals surface area contributed by atoms with Crippen LogP contribution < -0.4 is 0 Å². The molecule has 5 aliphatic rings. The van der Waals surface area contributed by atoms with E-state index in [1.165, 1.54) is 0 Å². The van der Waals surface area contributed by atoms with E-state index in [1.807, 2.05) is 0 Å². The third-order valence-electron chi connectivity index (χ3n) is 13.1. The van der Waals surface area contributed by atoms with E-state index in [1.54, 1.807) is 0 Å². The first-order valence-corrected chi connectivity index (χ1v) is 13.9. The fourth-order valence-electron chi connectivity index (χ4n) is 10.9. The van der Waals surface area contributed by atoms with E-state index in [4.69, 9.17) is 0 Å². The number of aliphatic hydroxyl groups excluding tert-OH is 2. The van der Waals surface area contributed by atoms with Crippen LogP contribution in [0.4, 0.5) is 0 Å². The smallest absolute Gasteiger partial charge is 0.312 e. The molecule has 0 spiro atoms. The van der Waals surface area contributed by atoms with Crippen LogP contribution in [0.1, 0.15) is 106 Å². The van der Waals surface area contributed by atoms with Gasteiger partial charge in [-0.25, -0.2) is 0 Å². The molecule has 9 atom stereocenters. The predicted octanol–water partition coefficient (Wildman–Crippen LogP) is 5.32. The number of carboxylic acid groups (broad SMARTS) is 1. The van der Waals surface area contributed by atoms with Gasteiger partial charge >= 0.3 is 5.97 Å². The molecule has 0 radical (unpaired) electrons. The fraction of sp³-hybridized carbons (Fsp3) is 0.900. The van der Waals surface area contributed by atoms with E-state index in [9.17, 15) is 25.2 Å². The molecule has 4 saturated carbocycles. The van der Waals surface area contributed by atoms with Gasteiger partial charge in [-0.2, -0.15) is 0 Å². The third-order valence-corrected chi connectivity index (χ3v) is 13.1. The Bertz CT molecular complexity index is 968. The van der Waals surface area contributed by atoms with Crippen molar-refractivity contribution in [2.75, 3.05) is 0 Å². The zero-order valence-electron chi connectivity index (χ0n) is 22.9. The van der Waals surface area contributed by atoms with Crippen LogP contribution in [0.3, 0.4) is 0 Å². The zero-order chi connectivity index (χ0) is 26.0. The molecule has 0 saturated heterocycles. The molecular formula is C30H48O5. The van der Waals surface area contributed by atoms with Crippen molar-refractivity contribution in [1.29, 1.82) is 0 Å². The molecule has 0 heterocycles. The lowest BCUT2D eigenvalue weighted by atomic mass is 9.32. The standard InChI is InChI=1S/C30H48O5/c1-24(2)12-14-29(23(33)34)15-13-28(7)21(30(29,35)17-24)9-8-20-26(5)16-18(31)22(32)25(3,4)19(26)10-11-27(20,28)6/h9,18-20,22,31-32,35H,8,10-17H2,1-7H3,(H,33,34)/t18-,19-,20-,22+,26+,27-,28-,29-,30-/m1/s1. The van der Waals surface area contributed by atoms with Crippen LogP contribution in [0.15, 0.2) is 11.6 Å². The molecule has 0 aromatic heterocycles. The summed E-state index contributed by atoms with van der Waals surface area (Å²) in [7, 11) is 0. The van der Waals surface area contributed by atoms with Gasteiger partial charge in [-0.1, -0.05) is 54.5 Å². The second-order valence-corrected chi connectivity index (χ2v) is 15.4. The van der Waals surface area contributed by atoms with Crippen molar-refractivity contribution in [3.8, 4) is 0 Å². The van der Waals surface area contributed by atoms with Crippen LogP contribution in [-0.4, -0.2) is 44.2 Å². The summed E-state index contributed by atoms with van der Waals surface area (Å²) in [4.78, 5) is 12.8. The minimum absolute atomic E-state index is 0.109. The van der Waals surface area contributed by atoms with Crippen LogP contribution in [0.2, 0.25) is 0 Å². The van der Waals surface area contributed by atoms with Gasteiger partial charge in [0.1, 0.15) is 11.0 Å². The van der Waals surface area contributed by atoms with Gasteiger partial charge in [0, 0.05) is 0 Å². The van der Waals surface area contributed by atoms with E-state index < -0.39 is 29.2 Å². The van der Waals surface area contributed by atoms with Gasteiger partial charge in [-0.15, -0.1) is 0 Å². The molecule has 0 amide bonds. The zero-order valence-corrected chi connectivity index (χ0v) is 22.9. The number of aliphatic hydroxyl groups is 3. The lowest BCUT2D eigenvalue weighted by Crippen LogP contribution is -2.70.